The third-order valence-corrected chi connectivity index (χ3v) is 8.67. The Kier molecular flexibility index (Phi) is 5.96. The molecule has 0 unspecified atom stereocenters. The van der Waals surface area contributed by atoms with Crippen molar-refractivity contribution in [1.29, 1.82) is 0 Å². The molecule has 2 aromatic rings. The number of carbonyl (C=O) groups excluding carboxylic acids is 2. The quantitative estimate of drug-likeness (QED) is 0.700. The normalized spacial score (nSPS) is 20.9. The molecule has 2 amide bonds. The third-order valence-electron chi connectivity index (χ3n) is 6.62. The SMILES string of the molecule is Cc1ccc(S(=O)(=O)N2CC[NH+]([C@H]3CC(=O)N(c4c(C)cccc4C)C3=O)CC2)c(C)c1. The molecule has 2 fully saturated rings. The Morgan fingerprint density at radius 2 is 1.53 bits per heavy atom. The maximum Gasteiger partial charge on any atom is 0.292 e. The molecule has 2 saturated heterocycles. The third kappa shape index (κ3) is 3.87. The minimum absolute atomic E-state index is 0.158. The maximum absolute atomic E-state index is 13.2. The fourth-order valence-electron chi connectivity index (χ4n) is 4.93. The van der Waals surface area contributed by atoms with Crippen LogP contribution in [0, 0.1) is 27.7 Å². The van der Waals surface area contributed by atoms with Gasteiger partial charge in [-0.15, -0.1) is 0 Å². The molecule has 2 aliphatic rings. The van der Waals surface area contributed by atoms with E-state index in [9.17, 15) is 18.0 Å². The van der Waals surface area contributed by atoms with Gasteiger partial charge in [0, 0.05) is 0 Å². The molecule has 4 rings (SSSR count). The zero-order valence-electron chi connectivity index (χ0n) is 19.0. The minimum atomic E-state index is -3.59. The first-order chi connectivity index (χ1) is 15.1. The number of hydrogen-bond donors (Lipinski definition) is 1. The standard InChI is InChI=1S/C24H29N3O4S/c1-16-8-9-21(19(4)14-16)32(30,31)26-12-10-25(11-13-26)20-15-22(28)27(24(20)29)23-17(2)6-5-7-18(23)3/h5-9,14,20H,10-13,15H2,1-4H3/p+1/t20-/m0/s1. The van der Waals surface area contributed by atoms with Gasteiger partial charge in [-0.05, 0) is 50.5 Å². The van der Waals surface area contributed by atoms with Crippen molar-refractivity contribution >= 4 is 27.5 Å². The van der Waals surface area contributed by atoms with E-state index in [2.05, 4.69) is 0 Å². The van der Waals surface area contributed by atoms with Gasteiger partial charge >= 0.3 is 0 Å². The summed E-state index contributed by atoms with van der Waals surface area (Å²) in [7, 11) is -3.59. The molecule has 32 heavy (non-hydrogen) atoms. The van der Waals surface area contributed by atoms with Gasteiger partial charge in [-0.1, -0.05) is 35.9 Å². The molecular formula is C24H30N3O4S+. The Balaban J connectivity index is 1.49. The second-order valence-electron chi connectivity index (χ2n) is 8.90. The fourth-order valence-corrected chi connectivity index (χ4v) is 6.58. The summed E-state index contributed by atoms with van der Waals surface area (Å²) >= 11 is 0. The molecule has 0 radical (unpaired) electrons. The monoisotopic (exact) mass is 456 g/mol. The average Bonchev–Trinajstić information content (AvgIpc) is 3.02. The highest BCUT2D eigenvalue weighted by molar-refractivity contribution is 7.89. The second-order valence-corrected chi connectivity index (χ2v) is 10.8. The van der Waals surface area contributed by atoms with Crippen LogP contribution in [0.1, 0.15) is 28.7 Å². The summed E-state index contributed by atoms with van der Waals surface area (Å²) in [5.41, 5.74) is 4.23. The van der Waals surface area contributed by atoms with Gasteiger partial charge in [0.05, 0.1) is 43.2 Å². The van der Waals surface area contributed by atoms with Gasteiger partial charge in [0.15, 0.2) is 6.04 Å². The van der Waals surface area contributed by atoms with E-state index in [1.165, 1.54) is 9.21 Å². The van der Waals surface area contributed by atoms with E-state index in [4.69, 9.17) is 0 Å². The van der Waals surface area contributed by atoms with Crippen LogP contribution in [0.2, 0.25) is 0 Å². The van der Waals surface area contributed by atoms with Crippen LogP contribution in [0.4, 0.5) is 5.69 Å². The van der Waals surface area contributed by atoms with E-state index >= 15 is 0 Å². The number of nitrogens with one attached hydrogen (secondary N) is 1. The molecule has 0 saturated carbocycles. The van der Waals surface area contributed by atoms with Crippen LogP contribution in [0.25, 0.3) is 0 Å². The van der Waals surface area contributed by atoms with E-state index < -0.39 is 16.1 Å². The number of piperazine rings is 1. The first kappa shape index (κ1) is 22.6. The number of quaternary nitrogens is 1. The molecule has 8 heteroatoms. The summed E-state index contributed by atoms with van der Waals surface area (Å²) in [6, 6.07) is 10.6. The van der Waals surface area contributed by atoms with E-state index in [1.54, 1.807) is 6.07 Å². The molecule has 0 aliphatic carbocycles. The van der Waals surface area contributed by atoms with Gasteiger partial charge in [-0.2, -0.15) is 4.31 Å². The summed E-state index contributed by atoms with van der Waals surface area (Å²) in [6.45, 7) is 9.20. The lowest BCUT2D eigenvalue weighted by Crippen LogP contribution is -3.19. The lowest BCUT2D eigenvalue weighted by Gasteiger charge is -2.34. The van der Waals surface area contributed by atoms with Crippen LogP contribution in [-0.2, 0) is 19.6 Å². The summed E-state index contributed by atoms with van der Waals surface area (Å²) in [4.78, 5) is 28.7. The minimum Gasteiger partial charge on any atom is -0.322 e. The van der Waals surface area contributed by atoms with Crippen molar-refractivity contribution in [2.45, 2.75) is 45.1 Å². The number of nitrogens with zero attached hydrogens (tertiary/aromatic N) is 2. The number of aryl methyl sites for hydroxylation is 4. The Morgan fingerprint density at radius 1 is 0.906 bits per heavy atom. The lowest BCUT2D eigenvalue weighted by molar-refractivity contribution is -0.918. The topological polar surface area (TPSA) is 79.2 Å². The van der Waals surface area contributed by atoms with Crippen LogP contribution in [0.3, 0.4) is 0 Å². The van der Waals surface area contributed by atoms with Crippen molar-refractivity contribution in [2.75, 3.05) is 31.1 Å². The van der Waals surface area contributed by atoms with Gasteiger partial charge in [0.1, 0.15) is 0 Å². The van der Waals surface area contributed by atoms with Crippen molar-refractivity contribution in [3.05, 3.63) is 58.7 Å². The smallest absolute Gasteiger partial charge is 0.292 e. The molecule has 2 aromatic carbocycles. The van der Waals surface area contributed by atoms with Crippen molar-refractivity contribution < 1.29 is 22.9 Å². The van der Waals surface area contributed by atoms with Gasteiger partial charge in [-0.3, -0.25) is 9.59 Å². The molecular weight excluding hydrogens is 426 g/mol. The first-order valence-electron chi connectivity index (χ1n) is 11.0. The number of sulfonamides is 1. The number of hydrogen-bond acceptors (Lipinski definition) is 4. The zero-order valence-corrected chi connectivity index (χ0v) is 19.8. The number of amides is 2. The molecule has 170 valence electrons. The zero-order chi connectivity index (χ0) is 23.2. The van der Waals surface area contributed by atoms with Gasteiger partial charge in [0.25, 0.3) is 5.91 Å². The molecule has 2 heterocycles. The molecule has 1 N–H and O–H groups in total. The van der Waals surface area contributed by atoms with Gasteiger partial charge < -0.3 is 4.90 Å². The maximum atomic E-state index is 13.2. The summed E-state index contributed by atoms with van der Waals surface area (Å²) in [6.07, 6.45) is 0.158. The number of benzene rings is 2. The summed E-state index contributed by atoms with van der Waals surface area (Å²) in [5, 5.41) is 0. The van der Waals surface area contributed by atoms with Crippen molar-refractivity contribution in [3.8, 4) is 0 Å². The number of imide groups is 1. The van der Waals surface area contributed by atoms with Crippen LogP contribution in [0.5, 0.6) is 0 Å². The van der Waals surface area contributed by atoms with E-state index in [-0.39, 0.29) is 18.2 Å². The second kappa shape index (κ2) is 8.42. The number of rotatable bonds is 4. The predicted octanol–water partition coefficient (Wildman–Crippen LogP) is 1.14. The molecule has 7 nitrogen and oxygen atoms in total. The molecule has 1 atom stereocenters. The highest BCUT2D eigenvalue weighted by atomic mass is 32.2. The number of para-hydroxylation sites is 1. The Bertz CT molecular complexity index is 1160. The highest BCUT2D eigenvalue weighted by Gasteiger charge is 2.47. The lowest BCUT2D eigenvalue weighted by atomic mass is 10.1. The van der Waals surface area contributed by atoms with Crippen molar-refractivity contribution in [1.82, 2.24) is 4.31 Å². The molecule has 2 aliphatic heterocycles. The summed E-state index contributed by atoms with van der Waals surface area (Å²) < 4.78 is 27.8. The van der Waals surface area contributed by atoms with E-state index in [0.717, 1.165) is 27.2 Å². The van der Waals surface area contributed by atoms with Crippen LogP contribution < -0.4 is 9.80 Å². The molecule has 0 spiro atoms. The highest BCUT2D eigenvalue weighted by Crippen LogP contribution is 2.29. The number of carbonyl (C=O) groups is 2. The number of anilines is 1. The van der Waals surface area contributed by atoms with Crippen LogP contribution in [-0.4, -0.2) is 56.8 Å². The van der Waals surface area contributed by atoms with Crippen molar-refractivity contribution in [2.24, 2.45) is 0 Å². The largest absolute Gasteiger partial charge is 0.322 e. The van der Waals surface area contributed by atoms with Gasteiger partial charge in [-0.25, -0.2) is 13.3 Å². The Hall–Kier alpha value is -2.55. The molecule has 0 aromatic heterocycles. The van der Waals surface area contributed by atoms with E-state index in [0.29, 0.717) is 36.8 Å². The average molecular weight is 457 g/mol. The van der Waals surface area contributed by atoms with Crippen molar-refractivity contribution in [3.63, 3.8) is 0 Å². The first-order valence-corrected chi connectivity index (χ1v) is 12.4. The fraction of sp³-hybridized carbons (Fsp3) is 0.417. The van der Waals surface area contributed by atoms with E-state index in [1.807, 2.05) is 58.0 Å². The van der Waals surface area contributed by atoms with Gasteiger partial charge in [0.2, 0.25) is 15.9 Å². The van der Waals surface area contributed by atoms with Crippen LogP contribution in [0.15, 0.2) is 41.3 Å². The molecule has 0 bridgehead atoms. The summed E-state index contributed by atoms with van der Waals surface area (Å²) in [5.74, 6) is -0.372. The Morgan fingerprint density at radius 3 is 2.12 bits per heavy atom. The van der Waals surface area contributed by atoms with Crippen LogP contribution >= 0.6 is 0 Å². The Labute approximate surface area is 189 Å². The predicted molar refractivity (Wildman–Crippen MR) is 122 cm³/mol.